The summed E-state index contributed by atoms with van der Waals surface area (Å²) in [6, 6.07) is 28.7. The second-order valence-corrected chi connectivity index (χ2v) is 9.54. The number of pyridine rings is 2. The first-order valence-electron chi connectivity index (χ1n) is 12.3. The Hall–Kier alpha value is -4.22. The molecule has 182 valence electrons. The van der Waals surface area contributed by atoms with Crippen LogP contribution in [0.2, 0.25) is 5.02 Å². The molecule has 0 bridgehead atoms. The highest BCUT2D eigenvalue weighted by atomic mass is 35.5. The molecule has 0 aliphatic heterocycles. The van der Waals surface area contributed by atoms with Crippen LogP contribution in [0.5, 0.6) is 5.75 Å². The number of aryl methyl sites for hydroxylation is 3. The SMILES string of the molecule is Cc1nc2cnccc2n1-c1ccc(OCc2cccc(CCc3ccc4ccc(Cl)cc4n3)c2)cc1. The molecule has 0 aliphatic carbocycles. The third-order valence-corrected chi connectivity index (χ3v) is 6.73. The molecule has 0 N–H and O–H groups in total. The molecule has 3 heterocycles. The summed E-state index contributed by atoms with van der Waals surface area (Å²) in [5, 5.41) is 1.81. The number of hydrogen-bond acceptors (Lipinski definition) is 4. The van der Waals surface area contributed by atoms with E-state index in [0.717, 1.165) is 63.3 Å². The first-order valence-corrected chi connectivity index (χ1v) is 12.7. The van der Waals surface area contributed by atoms with E-state index in [9.17, 15) is 0 Å². The zero-order valence-corrected chi connectivity index (χ0v) is 21.2. The van der Waals surface area contributed by atoms with Crippen molar-refractivity contribution in [2.45, 2.75) is 26.4 Å². The first-order chi connectivity index (χ1) is 18.1. The summed E-state index contributed by atoms with van der Waals surface area (Å²) >= 11 is 6.14. The Morgan fingerprint density at radius 2 is 1.65 bits per heavy atom. The quantitative estimate of drug-likeness (QED) is 0.229. The predicted molar refractivity (Wildman–Crippen MR) is 149 cm³/mol. The molecule has 0 radical (unpaired) electrons. The highest BCUT2D eigenvalue weighted by Crippen LogP contribution is 2.23. The number of nitrogens with zero attached hydrogens (tertiary/aromatic N) is 4. The van der Waals surface area contributed by atoms with Crippen LogP contribution in [0, 0.1) is 6.92 Å². The summed E-state index contributed by atoms with van der Waals surface area (Å²) < 4.78 is 8.23. The number of fused-ring (bicyclic) bond motifs is 2. The molecule has 6 heteroatoms. The van der Waals surface area contributed by atoms with Gasteiger partial charge in [-0.25, -0.2) is 4.98 Å². The van der Waals surface area contributed by atoms with Crippen molar-refractivity contribution in [3.8, 4) is 11.4 Å². The maximum Gasteiger partial charge on any atom is 0.119 e. The van der Waals surface area contributed by atoms with Crippen molar-refractivity contribution in [3.05, 3.63) is 125 Å². The molecule has 0 fully saturated rings. The fraction of sp³-hybridized carbons (Fsp3) is 0.129. The Labute approximate surface area is 220 Å². The fourth-order valence-electron chi connectivity index (χ4n) is 4.66. The van der Waals surface area contributed by atoms with Gasteiger partial charge in [0.15, 0.2) is 0 Å². The highest BCUT2D eigenvalue weighted by molar-refractivity contribution is 6.31. The minimum Gasteiger partial charge on any atom is -0.489 e. The normalized spacial score (nSPS) is 11.3. The number of halogens is 1. The molecule has 0 saturated heterocycles. The maximum atomic E-state index is 6.14. The molecular weight excluding hydrogens is 480 g/mol. The molecule has 0 spiro atoms. The van der Waals surface area contributed by atoms with Crippen molar-refractivity contribution < 1.29 is 4.74 Å². The van der Waals surface area contributed by atoms with E-state index in [0.29, 0.717) is 11.6 Å². The van der Waals surface area contributed by atoms with E-state index in [1.54, 1.807) is 12.4 Å². The van der Waals surface area contributed by atoms with E-state index in [2.05, 4.69) is 63.1 Å². The number of imidazole rings is 1. The predicted octanol–water partition coefficient (Wildman–Crippen LogP) is 7.29. The number of ether oxygens (including phenoxy) is 1. The van der Waals surface area contributed by atoms with Gasteiger partial charge in [0.2, 0.25) is 0 Å². The molecule has 3 aromatic heterocycles. The smallest absolute Gasteiger partial charge is 0.119 e. The minimum absolute atomic E-state index is 0.513. The van der Waals surface area contributed by atoms with Gasteiger partial charge >= 0.3 is 0 Å². The molecular formula is C31H25ClN4O. The Bertz CT molecular complexity index is 1710. The van der Waals surface area contributed by atoms with Crippen LogP contribution in [0.15, 0.2) is 97.3 Å². The number of benzene rings is 3. The molecule has 37 heavy (non-hydrogen) atoms. The molecule has 0 unspecified atom stereocenters. The molecule has 3 aromatic carbocycles. The Morgan fingerprint density at radius 1 is 0.811 bits per heavy atom. The van der Waals surface area contributed by atoms with Gasteiger partial charge in [-0.2, -0.15) is 0 Å². The van der Waals surface area contributed by atoms with Crippen LogP contribution in [0.4, 0.5) is 0 Å². The van der Waals surface area contributed by atoms with Gasteiger partial charge in [-0.3, -0.25) is 14.5 Å². The lowest BCUT2D eigenvalue weighted by Gasteiger charge is -2.11. The van der Waals surface area contributed by atoms with Crippen LogP contribution in [-0.2, 0) is 19.4 Å². The topological polar surface area (TPSA) is 52.8 Å². The summed E-state index contributed by atoms with van der Waals surface area (Å²) in [4.78, 5) is 13.6. The van der Waals surface area contributed by atoms with E-state index < -0.39 is 0 Å². The minimum atomic E-state index is 0.513. The van der Waals surface area contributed by atoms with Crippen molar-refractivity contribution in [3.63, 3.8) is 0 Å². The van der Waals surface area contributed by atoms with Gasteiger partial charge in [0.05, 0.1) is 17.2 Å². The van der Waals surface area contributed by atoms with Gasteiger partial charge in [0.1, 0.15) is 23.7 Å². The monoisotopic (exact) mass is 504 g/mol. The third-order valence-electron chi connectivity index (χ3n) is 6.50. The van der Waals surface area contributed by atoms with Gasteiger partial charge < -0.3 is 4.74 Å². The molecule has 0 atom stereocenters. The lowest BCUT2D eigenvalue weighted by Crippen LogP contribution is -2.00. The average Bonchev–Trinajstić information content (AvgIpc) is 3.26. The van der Waals surface area contributed by atoms with Crippen LogP contribution in [0.25, 0.3) is 27.6 Å². The molecule has 0 aliphatic rings. The van der Waals surface area contributed by atoms with Gasteiger partial charge in [0.25, 0.3) is 0 Å². The summed E-state index contributed by atoms with van der Waals surface area (Å²) in [6.45, 7) is 2.52. The van der Waals surface area contributed by atoms with E-state index in [-0.39, 0.29) is 0 Å². The summed E-state index contributed by atoms with van der Waals surface area (Å²) in [5.41, 5.74) is 7.39. The second kappa shape index (κ2) is 10.0. The molecule has 0 amide bonds. The fourth-order valence-corrected chi connectivity index (χ4v) is 4.82. The first kappa shape index (κ1) is 23.2. The third kappa shape index (κ3) is 5.04. The Kier molecular flexibility index (Phi) is 6.29. The Morgan fingerprint density at radius 3 is 2.54 bits per heavy atom. The van der Waals surface area contributed by atoms with Gasteiger partial charge in [-0.15, -0.1) is 0 Å². The van der Waals surface area contributed by atoms with Crippen molar-refractivity contribution in [1.29, 1.82) is 0 Å². The maximum absolute atomic E-state index is 6.14. The average molecular weight is 505 g/mol. The summed E-state index contributed by atoms with van der Waals surface area (Å²) in [7, 11) is 0. The number of rotatable bonds is 7. The molecule has 0 saturated carbocycles. The highest BCUT2D eigenvalue weighted by Gasteiger charge is 2.09. The van der Waals surface area contributed by atoms with Crippen LogP contribution in [-0.4, -0.2) is 19.5 Å². The lowest BCUT2D eigenvalue weighted by molar-refractivity contribution is 0.306. The van der Waals surface area contributed by atoms with Crippen LogP contribution in [0.1, 0.15) is 22.6 Å². The van der Waals surface area contributed by atoms with Crippen molar-refractivity contribution in [2.24, 2.45) is 0 Å². The Balaban J connectivity index is 1.10. The van der Waals surface area contributed by atoms with Crippen LogP contribution in [0.3, 0.4) is 0 Å². The molecule has 6 aromatic rings. The van der Waals surface area contributed by atoms with Crippen molar-refractivity contribution in [2.75, 3.05) is 0 Å². The summed E-state index contributed by atoms with van der Waals surface area (Å²) in [5.74, 6) is 1.76. The van der Waals surface area contributed by atoms with Crippen molar-refractivity contribution >= 4 is 33.5 Å². The van der Waals surface area contributed by atoms with Crippen LogP contribution < -0.4 is 4.74 Å². The van der Waals surface area contributed by atoms with E-state index >= 15 is 0 Å². The zero-order valence-electron chi connectivity index (χ0n) is 20.4. The molecule has 5 nitrogen and oxygen atoms in total. The van der Waals surface area contributed by atoms with Crippen molar-refractivity contribution in [1.82, 2.24) is 19.5 Å². The van der Waals surface area contributed by atoms with Crippen LogP contribution >= 0.6 is 11.6 Å². The van der Waals surface area contributed by atoms with Gasteiger partial charge in [-0.1, -0.05) is 48.0 Å². The van der Waals surface area contributed by atoms with E-state index in [4.69, 9.17) is 21.3 Å². The van der Waals surface area contributed by atoms with Gasteiger partial charge in [-0.05, 0) is 79.4 Å². The number of aromatic nitrogens is 4. The molecule has 6 rings (SSSR count). The van der Waals surface area contributed by atoms with E-state index in [1.165, 1.54) is 5.56 Å². The lowest BCUT2D eigenvalue weighted by atomic mass is 10.0. The largest absolute Gasteiger partial charge is 0.489 e. The van der Waals surface area contributed by atoms with E-state index in [1.807, 2.05) is 43.3 Å². The second-order valence-electron chi connectivity index (χ2n) is 9.10. The van der Waals surface area contributed by atoms with Gasteiger partial charge in [0, 0.05) is 28.0 Å². The number of hydrogen-bond donors (Lipinski definition) is 0. The summed E-state index contributed by atoms with van der Waals surface area (Å²) in [6.07, 6.45) is 5.36. The standard InChI is InChI=1S/C31H25ClN4O/c1-21-34-30-19-33-16-15-31(30)36(21)27-11-13-28(14-12-27)37-20-23-4-2-3-22(17-23)5-9-26-10-7-24-6-8-25(32)18-29(24)35-26/h2-4,6-8,10-19H,5,9,20H2,1H3. The zero-order chi connectivity index (χ0) is 25.2.